The quantitative estimate of drug-likeness (QED) is 0.909. The van der Waals surface area contributed by atoms with E-state index in [0.29, 0.717) is 6.04 Å². The summed E-state index contributed by atoms with van der Waals surface area (Å²) in [6.45, 7) is 5.19. The van der Waals surface area contributed by atoms with Crippen molar-refractivity contribution < 1.29 is 0 Å². The minimum atomic E-state index is 0.00963. The van der Waals surface area contributed by atoms with Crippen LogP contribution >= 0.6 is 0 Å². The first-order chi connectivity index (χ1) is 10.1. The summed E-state index contributed by atoms with van der Waals surface area (Å²) in [7, 11) is 0. The maximum absolute atomic E-state index is 11.3. The Morgan fingerprint density at radius 2 is 1.95 bits per heavy atom. The van der Waals surface area contributed by atoms with Crippen LogP contribution in [0, 0.1) is 13.8 Å². The van der Waals surface area contributed by atoms with Gasteiger partial charge in [0, 0.05) is 24.3 Å². The van der Waals surface area contributed by atoms with Crippen LogP contribution in [-0.2, 0) is 19.4 Å². The monoisotopic (exact) mass is 282 g/mol. The largest absolute Gasteiger partial charge is 0.326 e. The van der Waals surface area contributed by atoms with Crippen molar-refractivity contribution in [2.24, 2.45) is 0 Å². The van der Waals surface area contributed by atoms with Gasteiger partial charge in [-0.1, -0.05) is 35.4 Å². The number of hydrogen-bond acceptors (Lipinski definition) is 2. The van der Waals surface area contributed by atoms with E-state index in [0.717, 1.165) is 31.5 Å². The molecule has 3 nitrogen and oxygen atoms in total. The van der Waals surface area contributed by atoms with E-state index >= 15 is 0 Å². The molecule has 1 aromatic heterocycles. The van der Waals surface area contributed by atoms with Gasteiger partial charge in [-0.2, -0.15) is 0 Å². The van der Waals surface area contributed by atoms with Crippen LogP contribution in [0.1, 0.15) is 34.4 Å². The number of rotatable bonds is 3. The van der Waals surface area contributed by atoms with Gasteiger partial charge in [0.15, 0.2) is 0 Å². The van der Waals surface area contributed by atoms with Gasteiger partial charge in [0.1, 0.15) is 0 Å². The summed E-state index contributed by atoms with van der Waals surface area (Å²) in [5.41, 5.74) is 6.39. The molecular formula is C18H22N2O. The van der Waals surface area contributed by atoms with Crippen LogP contribution in [0.25, 0.3) is 0 Å². The Morgan fingerprint density at radius 1 is 1.19 bits per heavy atom. The lowest BCUT2D eigenvalue weighted by atomic mass is 9.91. The van der Waals surface area contributed by atoms with Gasteiger partial charge in [0.2, 0.25) is 5.56 Å². The first-order valence-electron chi connectivity index (χ1n) is 7.62. The lowest BCUT2D eigenvalue weighted by molar-refractivity contribution is 0.452. The number of benzene rings is 1. The van der Waals surface area contributed by atoms with Crippen molar-refractivity contribution in [2.75, 3.05) is 0 Å². The third kappa shape index (κ3) is 3.42. The molecule has 21 heavy (non-hydrogen) atoms. The van der Waals surface area contributed by atoms with Gasteiger partial charge >= 0.3 is 0 Å². The predicted molar refractivity (Wildman–Crippen MR) is 85.6 cm³/mol. The van der Waals surface area contributed by atoms with Crippen molar-refractivity contribution in [3.05, 3.63) is 68.6 Å². The topological polar surface area (TPSA) is 44.9 Å². The van der Waals surface area contributed by atoms with Gasteiger partial charge in [0.05, 0.1) is 0 Å². The molecule has 1 aliphatic rings. The van der Waals surface area contributed by atoms with Gasteiger partial charge in [-0.15, -0.1) is 0 Å². The fourth-order valence-electron chi connectivity index (χ4n) is 3.26. The fraction of sp³-hybridized carbons (Fsp3) is 0.389. The normalized spacial score (nSPS) is 17.5. The number of H-pyrrole nitrogens is 1. The highest BCUT2D eigenvalue weighted by molar-refractivity contribution is 5.29. The average molecular weight is 282 g/mol. The van der Waals surface area contributed by atoms with E-state index in [1.807, 2.05) is 6.07 Å². The van der Waals surface area contributed by atoms with E-state index < -0.39 is 0 Å². The first kappa shape index (κ1) is 14.1. The molecule has 0 bridgehead atoms. The Balaban J connectivity index is 1.64. The van der Waals surface area contributed by atoms with Gasteiger partial charge in [-0.3, -0.25) is 4.79 Å². The minimum Gasteiger partial charge on any atom is -0.326 e. The van der Waals surface area contributed by atoms with Crippen LogP contribution in [0.4, 0.5) is 0 Å². The van der Waals surface area contributed by atoms with Crippen LogP contribution in [0.5, 0.6) is 0 Å². The number of pyridine rings is 1. The summed E-state index contributed by atoms with van der Waals surface area (Å²) in [5, 5.41) is 3.66. The molecule has 3 heteroatoms. The van der Waals surface area contributed by atoms with Gasteiger partial charge < -0.3 is 10.3 Å². The average Bonchev–Trinajstić information content (AvgIpc) is 2.44. The van der Waals surface area contributed by atoms with Crippen LogP contribution in [-0.4, -0.2) is 11.0 Å². The van der Waals surface area contributed by atoms with Crippen molar-refractivity contribution in [3.8, 4) is 0 Å². The number of aromatic amines is 1. The molecule has 1 unspecified atom stereocenters. The maximum atomic E-state index is 11.3. The summed E-state index contributed by atoms with van der Waals surface area (Å²) in [6.07, 6.45) is 3.03. The molecule has 0 radical (unpaired) electrons. The standard InChI is InChI=1S/C18H22N2O/c1-12-7-13(2)9-14(8-12)11-19-16-4-5-17-15(10-16)3-6-18(21)20-17/h3,6-9,16,19H,4-5,10-11H2,1-2H3,(H,20,21). The zero-order valence-electron chi connectivity index (χ0n) is 12.7. The molecule has 1 heterocycles. The van der Waals surface area contributed by atoms with Gasteiger partial charge in [0.25, 0.3) is 0 Å². The van der Waals surface area contributed by atoms with Crippen molar-refractivity contribution >= 4 is 0 Å². The molecule has 1 aliphatic carbocycles. The molecular weight excluding hydrogens is 260 g/mol. The molecule has 3 rings (SSSR count). The van der Waals surface area contributed by atoms with Crippen LogP contribution in [0.2, 0.25) is 0 Å². The molecule has 2 aromatic rings. The Labute approximate surface area is 125 Å². The second-order valence-corrected chi connectivity index (χ2v) is 6.14. The second-order valence-electron chi connectivity index (χ2n) is 6.14. The van der Waals surface area contributed by atoms with Gasteiger partial charge in [-0.05, 0) is 44.2 Å². The summed E-state index contributed by atoms with van der Waals surface area (Å²) in [5.74, 6) is 0. The van der Waals surface area contributed by atoms with E-state index in [-0.39, 0.29) is 5.56 Å². The summed E-state index contributed by atoms with van der Waals surface area (Å²) in [4.78, 5) is 14.3. The van der Waals surface area contributed by atoms with E-state index in [9.17, 15) is 4.79 Å². The molecule has 0 saturated heterocycles. The molecule has 0 aliphatic heterocycles. The Morgan fingerprint density at radius 3 is 2.71 bits per heavy atom. The number of nitrogens with one attached hydrogen (secondary N) is 2. The zero-order chi connectivity index (χ0) is 14.8. The van der Waals surface area contributed by atoms with Crippen molar-refractivity contribution in [1.29, 1.82) is 0 Å². The summed E-state index contributed by atoms with van der Waals surface area (Å²) >= 11 is 0. The number of aryl methyl sites for hydroxylation is 3. The third-order valence-electron chi connectivity index (χ3n) is 4.18. The molecule has 2 N–H and O–H groups in total. The molecule has 0 spiro atoms. The van der Waals surface area contributed by atoms with Crippen LogP contribution in [0.15, 0.2) is 35.1 Å². The Kier molecular flexibility index (Phi) is 3.93. The Bertz CT molecular complexity index is 682. The summed E-state index contributed by atoms with van der Waals surface area (Å²) in [6, 6.07) is 10.8. The summed E-state index contributed by atoms with van der Waals surface area (Å²) < 4.78 is 0. The van der Waals surface area contributed by atoms with Crippen LogP contribution in [0.3, 0.4) is 0 Å². The SMILES string of the molecule is Cc1cc(C)cc(CNC2CCc3[nH]c(=O)ccc3C2)c1. The molecule has 0 saturated carbocycles. The molecule has 1 atom stereocenters. The van der Waals surface area contributed by atoms with Crippen molar-refractivity contribution in [2.45, 2.75) is 45.7 Å². The first-order valence-corrected chi connectivity index (χ1v) is 7.62. The molecule has 110 valence electrons. The number of fused-ring (bicyclic) bond motifs is 1. The highest BCUT2D eigenvalue weighted by Crippen LogP contribution is 2.19. The number of hydrogen-bond donors (Lipinski definition) is 2. The zero-order valence-corrected chi connectivity index (χ0v) is 12.7. The Hall–Kier alpha value is -1.87. The van der Waals surface area contributed by atoms with E-state index in [2.05, 4.69) is 42.3 Å². The second kappa shape index (κ2) is 5.86. The third-order valence-corrected chi connectivity index (χ3v) is 4.18. The smallest absolute Gasteiger partial charge is 0.248 e. The van der Waals surface area contributed by atoms with E-state index in [1.54, 1.807) is 6.07 Å². The fourth-order valence-corrected chi connectivity index (χ4v) is 3.26. The lowest BCUT2D eigenvalue weighted by Crippen LogP contribution is -2.35. The highest BCUT2D eigenvalue weighted by atomic mass is 16.1. The molecule has 0 amide bonds. The number of aromatic nitrogens is 1. The van der Waals surface area contributed by atoms with Gasteiger partial charge in [-0.25, -0.2) is 0 Å². The maximum Gasteiger partial charge on any atom is 0.248 e. The predicted octanol–water partition coefficient (Wildman–Crippen LogP) is 2.64. The molecule has 0 fully saturated rings. The minimum absolute atomic E-state index is 0.00963. The van der Waals surface area contributed by atoms with Crippen molar-refractivity contribution in [3.63, 3.8) is 0 Å². The lowest BCUT2D eigenvalue weighted by Gasteiger charge is -2.25. The molecule has 1 aromatic carbocycles. The van der Waals surface area contributed by atoms with E-state index in [1.165, 1.54) is 22.3 Å². The van der Waals surface area contributed by atoms with Crippen LogP contribution < -0.4 is 10.9 Å². The van der Waals surface area contributed by atoms with Crippen molar-refractivity contribution in [1.82, 2.24) is 10.3 Å². The van der Waals surface area contributed by atoms with E-state index in [4.69, 9.17) is 0 Å². The highest BCUT2D eigenvalue weighted by Gasteiger charge is 2.18.